The van der Waals surface area contributed by atoms with E-state index < -0.39 is 0 Å². The van der Waals surface area contributed by atoms with Gasteiger partial charge < -0.3 is 5.73 Å². The Labute approximate surface area is 107 Å². The quantitative estimate of drug-likeness (QED) is 0.892. The maximum absolute atomic E-state index is 6.39. The summed E-state index contributed by atoms with van der Waals surface area (Å²) >= 11 is 0. The van der Waals surface area contributed by atoms with Gasteiger partial charge in [-0.2, -0.15) is 0 Å². The lowest BCUT2D eigenvalue weighted by Gasteiger charge is -2.34. The summed E-state index contributed by atoms with van der Waals surface area (Å²) in [7, 11) is 0. The fourth-order valence-electron chi connectivity index (χ4n) is 2.73. The number of hydrogen-bond acceptors (Lipinski definition) is 3. The van der Waals surface area contributed by atoms with Crippen LogP contribution in [-0.2, 0) is 13.0 Å². The lowest BCUT2D eigenvalue weighted by molar-refractivity contribution is 0.451. The highest BCUT2D eigenvalue weighted by molar-refractivity contribution is 5.42. The summed E-state index contributed by atoms with van der Waals surface area (Å²) in [5, 5.41) is 8.10. The van der Waals surface area contributed by atoms with Crippen molar-refractivity contribution < 1.29 is 0 Å². The first-order chi connectivity index (χ1) is 8.81. The minimum atomic E-state index is 0.00134. The SMILES string of the molecule is CCCn1nncc1C(N)C1Cc2ccccc21. The number of fused-ring (bicyclic) bond motifs is 1. The first-order valence-electron chi connectivity index (χ1n) is 6.53. The van der Waals surface area contributed by atoms with Gasteiger partial charge >= 0.3 is 0 Å². The van der Waals surface area contributed by atoms with Crippen molar-refractivity contribution in [2.45, 2.75) is 38.3 Å². The van der Waals surface area contributed by atoms with Crippen molar-refractivity contribution in [3.63, 3.8) is 0 Å². The molecule has 0 saturated carbocycles. The summed E-state index contributed by atoms with van der Waals surface area (Å²) < 4.78 is 1.94. The monoisotopic (exact) mass is 242 g/mol. The number of rotatable bonds is 4. The van der Waals surface area contributed by atoms with E-state index in [1.54, 1.807) is 6.20 Å². The van der Waals surface area contributed by atoms with Crippen LogP contribution in [0.1, 0.15) is 42.1 Å². The number of hydrogen-bond donors (Lipinski definition) is 1. The fourth-order valence-corrected chi connectivity index (χ4v) is 2.73. The molecule has 94 valence electrons. The number of nitrogens with two attached hydrogens (primary N) is 1. The standard InChI is InChI=1S/C14H18N4/c1-2-7-18-13(9-16-17-18)14(15)12-8-10-5-3-4-6-11(10)12/h3-6,9,12,14H,2,7-8,15H2,1H3. The van der Waals surface area contributed by atoms with Crippen LogP contribution in [0.5, 0.6) is 0 Å². The Morgan fingerprint density at radius 3 is 3.06 bits per heavy atom. The Balaban J connectivity index is 1.84. The molecule has 0 radical (unpaired) electrons. The Bertz CT molecular complexity index is 546. The predicted molar refractivity (Wildman–Crippen MR) is 70.1 cm³/mol. The van der Waals surface area contributed by atoms with Crippen LogP contribution in [0.4, 0.5) is 0 Å². The number of aryl methyl sites for hydroxylation is 1. The molecule has 1 aromatic carbocycles. The zero-order valence-corrected chi connectivity index (χ0v) is 10.6. The average Bonchev–Trinajstić information content (AvgIpc) is 2.79. The third kappa shape index (κ3) is 1.73. The van der Waals surface area contributed by atoms with Crippen LogP contribution in [0.15, 0.2) is 30.5 Å². The zero-order valence-electron chi connectivity index (χ0n) is 10.6. The van der Waals surface area contributed by atoms with Gasteiger partial charge in [0.2, 0.25) is 0 Å². The van der Waals surface area contributed by atoms with E-state index >= 15 is 0 Å². The van der Waals surface area contributed by atoms with Gasteiger partial charge in [-0.1, -0.05) is 36.4 Å². The van der Waals surface area contributed by atoms with E-state index in [2.05, 4.69) is 41.5 Å². The molecule has 0 saturated heterocycles. The predicted octanol–water partition coefficient (Wildman–Crippen LogP) is 2.03. The molecule has 4 heteroatoms. The molecule has 2 aromatic rings. The van der Waals surface area contributed by atoms with Crippen LogP contribution >= 0.6 is 0 Å². The summed E-state index contributed by atoms with van der Waals surface area (Å²) in [6, 6.07) is 8.53. The molecule has 0 spiro atoms. The molecule has 1 aliphatic rings. The Morgan fingerprint density at radius 1 is 1.44 bits per heavy atom. The summed E-state index contributed by atoms with van der Waals surface area (Å²) in [4.78, 5) is 0. The lowest BCUT2D eigenvalue weighted by atomic mass is 9.73. The topological polar surface area (TPSA) is 56.7 Å². The first kappa shape index (κ1) is 11.4. The van der Waals surface area contributed by atoms with Crippen molar-refractivity contribution in [2.75, 3.05) is 0 Å². The van der Waals surface area contributed by atoms with Crippen LogP contribution in [0.2, 0.25) is 0 Å². The average molecular weight is 242 g/mol. The van der Waals surface area contributed by atoms with Crippen molar-refractivity contribution in [2.24, 2.45) is 5.73 Å². The molecule has 0 bridgehead atoms. The zero-order chi connectivity index (χ0) is 12.5. The van der Waals surface area contributed by atoms with Crippen LogP contribution in [0.25, 0.3) is 0 Å². The largest absolute Gasteiger partial charge is 0.322 e. The molecule has 0 fully saturated rings. The Morgan fingerprint density at radius 2 is 2.28 bits per heavy atom. The molecule has 2 N–H and O–H groups in total. The summed E-state index contributed by atoms with van der Waals surface area (Å²) in [5.41, 5.74) is 10.2. The molecule has 18 heavy (non-hydrogen) atoms. The maximum atomic E-state index is 6.39. The summed E-state index contributed by atoms with van der Waals surface area (Å²) in [6.45, 7) is 3.02. The first-order valence-corrected chi connectivity index (χ1v) is 6.53. The molecule has 3 rings (SSSR count). The third-order valence-corrected chi connectivity index (χ3v) is 3.75. The van der Waals surface area contributed by atoms with E-state index in [0.717, 1.165) is 25.1 Å². The lowest BCUT2D eigenvalue weighted by Crippen LogP contribution is -2.30. The van der Waals surface area contributed by atoms with Gasteiger partial charge in [0.05, 0.1) is 17.9 Å². The summed E-state index contributed by atoms with van der Waals surface area (Å²) in [5.74, 6) is 0.412. The molecular weight excluding hydrogens is 224 g/mol. The van der Waals surface area contributed by atoms with E-state index in [1.807, 2.05) is 4.68 Å². The van der Waals surface area contributed by atoms with Crippen molar-refractivity contribution in [1.82, 2.24) is 15.0 Å². The second kappa shape index (κ2) is 4.53. The minimum absolute atomic E-state index is 0.00134. The fraction of sp³-hybridized carbons (Fsp3) is 0.429. The van der Waals surface area contributed by atoms with Gasteiger partial charge in [-0.05, 0) is 24.0 Å². The van der Waals surface area contributed by atoms with E-state index in [-0.39, 0.29) is 6.04 Å². The molecule has 1 aromatic heterocycles. The summed E-state index contributed by atoms with van der Waals surface area (Å²) in [6.07, 6.45) is 3.92. The van der Waals surface area contributed by atoms with Crippen molar-refractivity contribution in [3.05, 3.63) is 47.3 Å². The van der Waals surface area contributed by atoms with E-state index in [4.69, 9.17) is 5.73 Å². The number of nitrogens with zero attached hydrogens (tertiary/aromatic N) is 3. The molecule has 1 aliphatic carbocycles. The molecule has 1 heterocycles. The highest BCUT2D eigenvalue weighted by Crippen LogP contribution is 2.41. The van der Waals surface area contributed by atoms with Gasteiger partial charge in [0, 0.05) is 12.5 Å². The third-order valence-electron chi connectivity index (χ3n) is 3.75. The number of benzene rings is 1. The molecule has 2 atom stereocenters. The van der Waals surface area contributed by atoms with E-state index in [0.29, 0.717) is 5.92 Å². The van der Waals surface area contributed by atoms with Crippen LogP contribution in [0, 0.1) is 0 Å². The second-order valence-electron chi connectivity index (χ2n) is 4.92. The van der Waals surface area contributed by atoms with Gasteiger partial charge in [0.15, 0.2) is 0 Å². The van der Waals surface area contributed by atoms with E-state index in [1.165, 1.54) is 11.1 Å². The highest BCUT2D eigenvalue weighted by Gasteiger charge is 2.33. The van der Waals surface area contributed by atoms with Gasteiger partial charge in [0.1, 0.15) is 0 Å². The van der Waals surface area contributed by atoms with Crippen LogP contribution in [-0.4, -0.2) is 15.0 Å². The molecule has 4 nitrogen and oxygen atoms in total. The van der Waals surface area contributed by atoms with Crippen LogP contribution in [0.3, 0.4) is 0 Å². The number of aromatic nitrogens is 3. The van der Waals surface area contributed by atoms with Crippen molar-refractivity contribution >= 4 is 0 Å². The molecule has 0 aliphatic heterocycles. The van der Waals surface area contributed by atoms with Gasteiger partial charge in [0.25, 0.3) is 0 Å². The van der Waals surface area contributed by atoms with Gasteiger partial charge in [-0.15, -0.1) is 5.10 Å². The Kier molecular flexibility index (Phi) is 2.88. The highest BCUT2D eigenvalue weighted by atomic mass is 15.4. The molecular formula is C14H18N4. The maximum Gasteiger partial charge on any atom is 0.0760 e. The molecule has 2 unspecified atom stereocenters. The van der Waals surface area contributed by atoms with Crippen molar-refractivity contribution in [3.8, 4) is 0 Å². The minimum Gasteiger partial charge on any atom is -0.322 e. The Hall–Kier alpha value is -1.68. The van der Waals surface area contributed by atoms with Gasteiger partial charge in [-0.3, -0.25) is 0 Å². The van der Waals surface area contributed by atoms with Crippen molar-refractivity contribution in [1.29, 1.82) is 0 Å². The van der Waals surface area contributed by atoms with Crippen LogP contribution < -0.4 is 5.73 Å². The van der Waals surface area contributed by atoms with Gasteiger partial charge in [-0.25, -0.2) is 4.68 Å². The smallest absolute Gasteiger partial charge is 0.0760 e. The van der Waals surface area contributed by atoms with E-state index in [9.17, 15) is 0 Å². The normalized spacial score (nSPS) is 19.1. The second-order valence-corrected chi connectivity index (χ2v) is 4.92. The molecule has 0 amide bonds.